The number of rotatable bonds is 7. The number of aryl methyl sites for hydroxylation is 1. The van der Waals surface area contributed by atoms with Gasteiger partial charge in [0.15, 0.2) is 5.78 Å². The first-order valence-corrected chi connectivity index (χ1v) is 9.82. The van der Waals surface area contributed by atoms with Crippen molar-refractivity contribution in [2.75, 3.05) is 11.9 Å². The number of hydrogen-bond donors (Lipinski definition) is 0. The number of hydrogen-bond acceptors (Lipinski definition) is 4. The van der Waals surface area contributed by atoms with E-state index in [1.165, 1.54) is 0 Å². The first-order valence-electron chi connectivity index (χ1n) is 9.44. The minimum absolute atomic E-state index is 0.0125. The molecule has 0 spiro atoms. The quantitative estimate of drug-likeness (QED) is 0.518. The molecule has 0 fully saturated rings. The average Bonchev–Trinajstić information content (AvgIpc) is 2.77. The summed E-state index contributed by atoms with van der Waals surface area (Å²) in [5.74, 6) is 0.00573. The van der Waals surface area contributed by atoms with Crippen molar-refractivity contribution in [2.45, 2.75) is 26.2 Å². The maximum Gasteiger partial charge on any atom is 0.226 e. The van der Waals surface area contributed by atoms with Gasteiger partial charge in [-0.05, 0) is 36.2 Å². The van der Waals surface area contributed by atoms with Gasteiger partial charge in [0.2, 0.25) is 5.91 Å². The topological polar surface area (TPSA) is 63.2 Å². The molecular formula is C23H22ClN3O2. The minimum atomic E-state index is -0.0125. The van der Waals surface area contributed by atoms with Crippen LogP contribution in [0.25, 0.3) is 11.1 Å². The van der Waals surface area contributed by atoms with Gasteiger partial charge in [-0.3, -0.25) is 19.6 Å². The van der Waals surface area contributed by atoms with Crippen LogP contribution < -0.4 is 4.90 Å². The Bertz CT molecular complexity index is 1000. The van der Waals surface area contributed by atoms with E-state index in [1.54, 1.807) is 42.7 Å². The summed E-state index contributed by atoms with van der Waals surface area (Å²) < 4.78 is 0. The van der Waals surface area contributed by atoms with Crippen molar-refractivity contribution in [2.24, 2.45) is 0 Å². The van der Waals surface area contributed by atoms with Crippen molar-refractivity contribution in [3.8, 4) is 11.1 Å². The largest absolute Gasteiger partial charge is 0.315 e. The van der Waals surface area contributed by atoms with Crippen molar-refractivity contribution in [3.05, 3.63) is 77.3 Å². The maximum absolute atomic E-state index is 12.4. The lowest BCUT2D eigenvalue weighted by Crippen LogP contribution is -2.24. The molecule has 0 bridgehead atoms. The molecule has 5 nitrogen and oxygen atoms in total. The van der Waals surface area contributed by atoms with Gasteiger partial charge in [-0.1, -0.05) is 36.7 Å². The second-order valence-corrected chi connectivity index (χ2v) is 7.09. The Morgan fingerprint density at radius 1 is 1.10 bits per heavy atom. The third kappa shape index (κ3) is 5.06. The van der Waals surface area contributed by atoms with Gasteiger partial charge in [0.1, 0.15) is 5.69 Å². The highest BCUT2D eigenvalue weighted by atomic mass is 35.5. The van der Waals surface area contributed by atoms with Crippen LogP contribution in [0.2, 0.25) is 5.02 Å². The molecule has 0 aliphatic heterocycles. The van der Waals surface area contributed by atoms with Crippen LogP contribution in [0.3, 0.4) is 0 Å². The summed E-state index contributed by atoms with van der Waals surface area (Å²) >= 11 is 6.44. The molecule has 0 N–H and O–H groups in total. The Kier molecular flexibility index (Phi) is 6.73. The maximum atomic E-state index is 12.4. The summed E-state index contributed by atoms with van der Waals surface area (Å²) in [6.07, 6.45) is 6.57. The van der Waals surface area contributed by atoms with E-state index in [-0.39, 0.29) is 11.7 Å². The number of Topliss-reactive ketones (excluding diaryl/α,β-unsaturated/α-hetero) is 1. The number of halogens is 1. The van der Waals surface area contributed by atoms with Crippen LogP contribution in [0.5, 0.6) is 0 Å². The van der Waals surface area contributed by atoms with Gasteiger partial charge in [0, 0.05) is 55.3 Å². The summed E-state index contributed by atoms with van der Waals surface area (Å²) in [7, 11) is 1.73. The van der Waals surface area contributed by atoms with E-state index in [9.17, 15) is 9.59 Å². The standard InChI is InChI=1S/C23H22ClN3O2/c1-3-23(29)27(2)18-8-9-19(20(24)13-18)17-7-10-21(26-15-17)22(28)11-6-16-5-4-12-25-14-16/h4-5,7-10,12-15H,3,6,11H2,1-2H3. The third-order valence-electron chi connectivity index (χ3n) is 4.74. The van der Waals surface area contributed by atoms with Gasteiger partial charge in [-0.15, -0.1) is 0 Å². The molecule has 0 aliphatic carbocycles. The van der Waals surface area contributed by atoms with Gasteiger partial charge < -0.3 is 4.90 Å². The van der Waals surface area contributed by atoms with E-state index in [0.29, 0.717) is 30.0 Å². The summed E-state index contributed by atoms with van der Waals surface area (Å²) in [6.45, 7) is 1.82. The first-order chi connectivity index (χ1) is 14.0. The number of carbonyl (C=O) groups is 2. The van der Waals surface area contributed by atoms with E-state index >= 15 is 0 Å². The lowest BCUT2D eigenvalue weighted by atomic mass is 10.0. The zero-order valence-electron chi connectivity index (χ0n) is 16.4. The van der Waals surface area contributed by atoms with Gasteiger partial charge in [-0.2, -0.15) is 0 Å². The number of carbonyl (C=O) groups excluding carboxylic acids is 2. The molecule has 3 aromatic rings. The van der Waals surface area contributed by atoms with Crippen LogP contribution in [0, 0.1) is 0 Å². The van der Waals surface area contributed by atoms with E-state index in [4.69, 9.17) is 11.6 Å². The second kappa shape index (κ2) is 9.43. The van der Waals surface area contributed by atoms with E-state index in [0.717, 1.165) is 22.4 Å². The highest BCUT2D eigenvalue weighted by molar-refractivity contribution is 6.33. The van der Waals surface area contributed by atoms with E-state index < -0.39 is 0 Å². The summed E-state index contributed by atoms with van der Waals surface area (Å²) in [5.41, 5.74) is 3.81. The molecule has 2 heterocycles. The lowest BCUT2D eigenvalue weighted by Gasteiger charge is -2.17. The number of benzene rings is 1. The number of anilines is 1. The van der Waals surface area contributed by atoms with Crippen LogP contribution in [0.1, 0.15) is 35.8 Å². The Balaban J connectivity index is 1.71. The van der Waals surface area contributed by atoms with Crippen molar-refractivity contribution >= 4 is 29.0 Å². The van der Waals surface area contributed by atoms with Gasteiger partial charge in [0.05, 0.1) is 5.02 Å². The molecule has 0 radical (unpaired) electrons. The molecule has 0 saturated heterocycles. The van der Waals surface area contributed by atoms with E-state index in [2.05, 4.69) is 9.97 Å². The smallest absolute Gasteiger partial charge is 0.226 e. The van der Waals surface area contributed by atoms with Gasteiger partial charge >= 0.3 is 0 Å². The fourth-order valence-corrected chi connectivity index (χ4v) is 3.26. The van der Waals surface area contributed by atoms with Gasteiger partial charge in [0.25, 0.3) is 0 Å². The van der Waals surface area contributed by atoms with Crippen molar-refractivity contribution in [1.29, 1.82) is 0 Å². The highest BCUT2D eigenvalue weighted by Gasteiger charge is 2.13. The molecule has 1 amide bonds. The molecule has 6 heteroatoms. The monoisotopic (exact) mass is 407 g/mol. The number of amides is 1. The predicted molar refractivity (Wildman–Crippen MR) is 115 cm³/mol. The number of ketones is 1. The van der Waals surface area contributed by atoms with Crippen LogP contribution in [-0.2, 0) is 11.2 Å². The second-order valence-electron chi connectivity index (χ2n) is 6.69. The fourth-order valence-electron chi connectivity index (χ4n) is 2.98. The molecule has 0 unspecified atom stereocenters. The van der Waals surface area contributed by atoms with Crippen LogP contribution in [0.4, 0.5) is 5.69 Å². The zero-order valence-corrected chi connectivity index (χ0v) is 17.2. The normalized spacial score (nSPS) is 10.6. The Hall–Kier alpha value is -3.05. The highest BCUT2D eigenvalue weighted by Crippen LogP contribution is 2.31. The SMILES string of the molecule is CCC(=O)N(C)c1ccc(-c2ccc(C(=O)CCc3cccnc3)nc2)c(Cl)c1. The molecule has 3 rings (SSSR count). The van der Waals surface area contributed by atoms with E-state index in [1.807, 2.05) is 37.3 Å². The number of aromatic nitrogens is 2. The Morgan fingerprint density at radius 3 is 2.55 bits per heavy atom. The molecule has 29 heavy (non-hydrogen) atoms. The molecule has 0 atom stereocenters. The molecular weight excluding hydrogens is 386 g/mol. The zero-order chi connectivity index (χ0) is 20.8. The lowest BCUT2D eigenvalue weighted by molar-refractivity contribution is -0.118. The third-order valence-corrected chi connectivity index (χ3v) is 5.05. The van der Waals surface area contributed by atoms with Crippen LogP contribution in [0.15, 0.2) is 61.1 Å². The predicted octanol–water partition coefficient (Wildman–Crippen LogP) is 4.99. The van der Waals surface area contributed by atoms with Crippen LogP contribution >= 0.6 is 11.6 Å². The number of nitrogens with zero attached hydrogens (tertiary/aromatic N) is 3. The Morgan fingerprint density at radius 2 is 1.93 bits per heavy atom. The van der Waals surface area contributed by atoms with Crippen molar-refractivity contribution < 1.29 is 9.59 Å². The fraction of sp³-hybridized carbons (Fsp3) is 0.217. The van der Waals surface area contributed by atoms with Crippen molar-refractivity contribution in [1.82, 2.24) is 9.97 Å². The van der Waals surface area contributed by atoms with Crippen molar-refractivity contribution in [3.63, 3.8) is 0 Å². The summed E-state index contributed by atoms with van der Waals surface area (Å²) in [4.78, 5) is 34.2. The molecule has 0 aliphatic rings. The van der Waals surface area contributed by atoms with Gasteiger partial charge in [-0.25, -0.2) is 0 Å². The summed E-state index contributed by atoms with van der Waals surface area (Å²) in [5, 5.41) is 0.524. The van der Waals surface area contributed by atoms with Crippen LogP contribution in [-0.4, -0.2) is 28.7 Å². The molecule has 0 saturated carbocycles. The molecule has 1 aromatic carbocycles. The molecule has 148 valence electrons. The number of pyridine rings is 2. The first kappa shape index (κ1) is 20.7. The summed E-state index contributed by atoms with van der Waals surface area (Å²) in [6, 6.07) is 12.8. The molecule has 2 aromatic heterocycles. The average molecular weight is 408 g/mol. The minimum Gasteiger partial charge on any atom is -0.315 e. The Labute approximate surface area is 175 Å².